The molecule has 2 fully saturated rings. The zero-order valence-electron chi connectivity index (χ0n) is 19.9. The SMILES string of the molecule is CCCCC1CC([C@@]2(C3[CH-]CCC3)CCCc3ccccc32)C2C=CC=CC12.[CH3-].[Cl][Zr+2][Cl]. The molecule has 2 saturated carbocycles. The molecule has 0 radical (unpaired) electrons. The molecule has 3 heteroatoms. The molecule has 5 rings (SSSR count). The molecule has 0 saturated heterocycles. The molecular formula is C29H40Cl2Zr. The Bertz CT molecular complexity index is 766. The first-order valence-corrected chi connectivity index (χ1v) is 18.8. The average molecular weight is 551 g/mol. The summed E-state index contributed by atoms with van der Waals surface area (Å²) in [6, 6.07) is 9.57. The van der Waals surface area contributed by atoms with Crippen molar-refractivity contribution in [2.45, 2.75) is 76.5 Å². The van der Waals surface area contributed by atoms with Crippen LogP contribution in [0.15, 0.2) is 48.6 Å². The van der Waals surface area contributed by atoms with Crippen LogP contribution in [0.25, 0.3) is 0 Å². The third-order valence-electron chi connectivity index (χ3n) is 8.77. The summed E-state index contributed by atoms with van der Waals surface area (Å²) in [7, 11) is 9.87. The van der Waals surface area contributed by atoms with Gasteiger partial charge in [-0.3, -0.25) is 0 Å². The van der Waals surface area contributed by atoms with Crippen LogP contribution in [-0.2, 0) is 32.7 Å². The van der Waals surface area contributed by atoms with Gasteiger partial charge < -0.3 is 13.8 Å². The van der Waals surface area contributed by atoms with Gasteiger partial charge in [-0.15, -0.1) is 0 Å². The predicted octanol–water partition coefficient (Wildman–Crippen LogP) is 9.28. The molecule has 0 nitrogen and oxygen atoms in total. The fourth-order valence-electron chi connectivity index (χ4n) is 7.67. The van der Waals surface area contributed by atoms with Crippen LogP contribution in [0.2, 0.25) is 0 Å². The van der Waals surface area contributed by atoms with Crippen LogP contribution in [-0.4, -0.2) is 0 Å². The normalized spacial score (nSPS) is 34.5. The molecular weight excluding hydrogens is 510 g/mol. The van der Waals surface area contributed by atoms with Crippen LogP contribution in [0.3, 0.4) is 0 Å². The van der Waals surface area contributed by atoms with E-state index in [1.807, 2.05) is 0 Å². The molecule has 174 valence electrons. The van der Waals surface area contributed by atoms with E-state index in [1.54, 1.807) is 11.1 Å². The Balaban J connectivity index is 0.000000686. The van der Waals surface area contributed by atoms with E-state index in [1.165, 1.54) is 64.2 Å². The molecule has 6 atom stereocenters. The number of allylic oxidation sites excluding steroid dienone is 4. The molecule has 0 bridgehead atoms. The van der Waals surface area contributed by atoms with Crippen molar-refractivity contribution in [3.8, 4) is 0 Å². The molecule has 0 heterocycles. The monoisotopic (exact) mass is 548 g/mol. The zero-order chi connectivity index (χ0) is 21.7. The second kappa shape index (κ2) is 12.7. The standard InChI is InChI=1S/C28H37.CH3.2ClH.Zr/c1-2-3-11-22-20-27(25-17-8-7-16-24(22)25)28(23-14-5-6-15-23)19-10-13-21-12-4-9-18-26(21)28;;;;/h4,7-9,12,14,16-18,22-25,27H,2-3,5-6,10-11,13,15,19-20H2,1H3;1H3;2*1H;/q2*-1;;;+4/p-2/t22?,23?,24?,25?,27?,28-;;;;/m1..../s1. The Labute approximate surface area is 216 Å². The molecule has 4 aliphatic rings. The minimum atomic E-state index is -0.826. The van der Waals surface area contributed by atoms with Gasteiger partial charge in [-0.2, -0.15) is 12.3 Å². The van der Waals surface area contributed by atoms with Crippen molar-refractivity contribution in [1.29, 1.82) is 0 Å². The number of halogens is 2. The molecule has 1 aromatic carbocycles. The molecule has 0 aliphatic heterocycles. The van der Waals surface area contributed by atoms with Crippen LogP contribution in [0.5, 0.6) is 0 Å². The Morgan fingerprint density at radius 1 is 1.09 bits per heavy atom. The van der Waals surface area contributed by atoms with Gasteiger partial charge in [0.25, 0.3) is 0 Å². The van der Waals surface area contributed by atoms with Gasteiger partial charge in [0.1, 0.15) is 0 Å². The topological polar surface area (TPSA) is 0 Å². The van der Waals surface area contributed by atoms with Crippen LogP contribution in [0, 0.1) is 43.4 Å². The maximum absolute atomic E-state index is 4.93. The van der Waals surface area contributed by atoms with Crippen LogP contribution >= 0.6 is 17.0 Å². The second-order valence-corrected chi connectivity index (χ2v) is 13.8. The third kappa shape index (κ3) is 5.21. The quantitative estimate of drug-likeness (QED) is 0.321. The Morgan fingerprint density at radius 2 is 1.84 bits per heavy atom. The van der Waals surface area contributed by atoms with Gasteiger partial charge >= 0.3 is 37.9 Å². The van der Waals surface area contributed by atoms with Gasteiger partial charge in [0.15, 0.2) is 0 Å². The van der Waals surface area contributed by atoms with Gasteiger partial charge in [-0.05, 0) is 72.3 Å². The van der Waals surface area contributed by atoms with Gasteiger partial charge in [0, 0.05) is 0 Å². The van der Waals surface area contributed by atoms with Crippen LogP contribution < -0.4 is 0 Å². The summed E-state index contributed by atoms with van der Waals surface area (Å²) in [6.45, 7) is 2.35. The summed E-state index contributed by atoms with van der Waals surface area (Å²) < 4.78 is 0. The van der Waals surface area contributed by atoms with Crippen molar-refractivity contribution < 1.29 is 20.8 Å². The predicted molar refractivity (Wildman–Crippen MR) is 137 cm³/mol. The fourth-order valence-corrected chi connectivity index (χ4v) is 7.67. The number of benzene rings is 1. The van der Waals surface area contributed by atoms with E-state index < -0.39 is 20.8 Å². The Kier molecular flexibility index (Phi) is 10.7. The van der Waals surface area contributed by atoms with Crippen molar-refractivity contribution >= 4 is 17.0 Å². The number of hydrogen-bond donors (Lipinski definition) is 0. The molecule has 0 aromatic heterocycles. The summed E-state index contributed by atoms with van der Waals surface area (Å²) in [5.41, 5.74) is 3.80. The van der Waals surface area contributed by atoms with E-state index in [0.29, 0.717) is 5.41 Å². The van der Waals surface area contributed by atoms with Crippen molar-refractivity contribution in [3.63, 3.8) is 0 Å². The molecule has 0 spiro atoms. The van der Waals surface area contributed by atoms with E-state index in [2.05, 4.69) is 61.9 Å². The number of rotatable bonds is 5. The summed E-state index contributed by atoms with van der Waals surface area (Å²) in [5, 5.41) is 0. The van der Waals surface area contributed by atoms with E-state index in [9.17, 15) is 0 Å². The first-order valence-electron chi connectivity index (χ1n) is 12.5. The number of fused-ring (bicyclic) bond motifs is 2. The fraction of sp³-hybridized carbons (Fsp3) is 0.586. The molecule has 1 aromatic rings. The van der Waals surface area contributed by atoms with Gasteiger partial charge in [0.2, 0.25) is 0 Å². The van der Waals surface area contributed by atoms with Crippen LogP contribution in [0.4, 0.5) is 0 Å². The van der Waals surface area contributed by atoms with Gasteiger partial charge in [0.05, 0.1) is 0 Å². The number of unbranched alkanes of at least 4 members (excludes halogenated alkanes) is 1. The average Bonchev–Trinajstić information content (AvgIpc) is 3.47. The van der Waals surface area contributed by atoms with E-state index in [0.717, 1.165) is 29.6 Å². The molecule has 4 aliphatic carbocycles. The van der Waals surface area contributed by atoms with Crippen LogP contribution in [0.1, 0.15) is 75.8 Å². The summed E-state index contributed by atoms with van der Waals surface area (Å²) in [5.74, 6) is 4.05. The molecule has 5 unspecified atom stereocenters. The summed E-state index contributed by atoms with van der Waals surface area (Å²) >= 11 is -0.826. The van der Waals surface area contributed by atoms with Crippen molar-refractivity contribution in [3.05, 3.63) is 73.5 Å². The Hall–Kier alpha value is 0.163. The summed E-state index contributed by atoms with van der Waals surface area (Å²) in [6.07, 6.45) is 26.5. The first-order chi connectivity index (χ1) is 15.3. The number of hydrogen-bond acceptors (Lipinski definition) is 0. The molecule has 0 amide bonds. The minimum absolute atomic E-state index is 0. The molecule has 0 N–H and O–H groups in total. The number of aryl methyl sites for hydroxylation is 1. The second-order valence-electron chi connectivity index (χ2n) is 10.1. The third-order valence-corrected chi connectivity index (χ3v) is 8.77. The molecule has 32 heavy (non-hydrogen) atoms. The Morgan fingerprint density at radius 3 is 2.56 bits per heavy atom. The van der Waals surface area contributed by atoms with Gasteiger partial charge in [-0.1, -0.05) is 81.2 Å². The van der Waals surface area contributed by atoms with Crippen molar-refractivity contribution in [2.75, 3.05) is 0 Å². The zero-order valence-corrected chi connectivity index (χ0v) is 23.9. The van der Waals surface area contributed by atoms with E-state index in [-0.39, 0.29) is 7.43 Å². The van der Waals surface area contributed by atoms with E-state index in [4.69, 9.17) is 17.0 Å². The summed E-state index contributed by atoms with van der Waals surface area (Å²) in [4.78, 5) is 0. The maximum atomic E-state index is 4.93. The van der Waals surface area contributed by atoms with Crippen molar-refractivity contribution in [2.24, 2.45) is 29.6 Å². The first kappa shape index (κ1) is 26.8. The van der Waals surface area contributed by atoms with Gasteiger partial charge in [-0.25, -0.2) is 0 Å². The van der Waals surface area contributed by atoms with E-state index >= 15 is 0 Å². The van der Waals surface area contributed by atoms with Crippen molar-refractivity contribution in [1.82, 2.24) is 0 Å².